The maximum atomic E-state index is 12.3. The van der Waals surface area contributed by atoms with Gasteiger partial charge in [-0.05, 0) is 36.4 Å². The molecule has 0 N–H and O–H groups in total. The van der Waals surface area contributed by atoms with Crippen LogP contribution in [0, 0.1) is 0 Å². The quantitative estimate of drug-likeness (QED) is 0.595. The topological polar surface area (TPSA) is 64.2 Å². The summed E-state index contributed by atoms with van der Waals surface area (Å²) in [5.74, 6) is 0.474. The van der Waals surface area contributed by atoms with Crippen LogP contribution in [-0.4, -0.2) is 5.72 Å². The summed E-state index contributed by atoms with van der Waals surface area (Å²) >= 11 is 0. The molecule has 0 fully saturated rings. The van der Waals surface area contributed by atoms with Crippen molar-refractivity contribution in [3.05, 3.63) is 93.6 Å². The first-order valence-electron chi connectivity index (χ1n) is 7.89. The lowest BCUT2D eigenvalue weighted by atomic mass is 10.0. The molecule has 0 aliphatic carbocycles. The van der Waals surface area contributed by atoms with Crippen LogP contribution in [0.25, 0.3) is 17.0 Å². The van der Waals surface area contributed by atoms with Gasteiger partial charge in [-0.2, -0.15) is 0 Å². The first kappa shape index (κ1) is 13.9. The van der Waals surface area contributed by atoms with Crippen LogP contribution in [0.1, 0.15) is 5.56 Å². The molecule has 1 atom stereocenters. The van der Waals surface area contributed by atoms with Gasteiger partial charge in [-0.1, -0.05) is 24.3 Å². The minimum Gasteiger partial charge on any atom is -0.457 e. The molecule has 0 bridgehead atoms. The molecule has 5 heteroatoms. The molecular formula is C20H12N2O3. The number of hydrogen-bond acceptors (Lipinski definition) is 5. The number of hydrogen-bond donors (Lipinski definition) is 0. The minimum absolute atomic E-state index is 0.391. The molecule has 5 rings (SSSR count). The van der Waals surface area contributed by atoms with E-state index in [1.165, 1.54) is 0 Å². The van der Waals surface area contributed by atoms with Gasteiger partial charge in [0.2, 0.25) is 5.72 Å². The Morgan fingerprint density at radius 1 is 0.920 bits per heavy atom. The van der Waals surface area contributed by atoms with E-state index >= 15 is 0 Å². The van der Waals surface area contributed by atoms with Crippen molar-refractivity contribution < 1.29 is 9.15 Å². The molecule has 3 aromatic rings. The fourth-order valence-electron chi connectivity index (χ4n) is 3.06. The van der Waals surface area contributed by atoms with Crippen LogP contribution in [-0.2, 0) is 0 Å². The highest BCUT2D eigenvalue weighted by Crippen LogP contribution is 2.36. The third-order valence-corrected chi connectivity index (χ3v) is 4.26. The average Bonchev–Trinajstić information content (AvgIpc) is 2.80. The Morgan fingerprint density at radius 3 is 2.64 bits per heavy atom. The molecular weight excluding hydrogens is 316 g/mol. The van der Waals surface area contributed by atoms with Gasteiger partial charge in [0.1, 0.15) is 16.9 Å². The van der Waals surface area contributed by atoms with Crippen LogP contribution in [0.4, 0.5) is 0 Å². The molecule has 2 aromatic carbocycles. The van der Waals surface area contributed by atoms with Gasteiger partial charge < -0.3 is 9.15 Å². The number of fused-ring (bicyclic) bond motifs is 4. The molecule has 0 saturated heterocycles. The first-order chi connectivity index (χ1) is 12.2. The molecule has 1 unspecified atom stereocenters. The van der Waals surface area contributed by atoms with Crippen molar-refractivity contribution in [2.75, 3.05) is 0 Å². The van der Waals surface area contributed by atoms with Gasteiger partial charge in [0.25, 0.3) is 0 Å². The normalized spacial score (nSPS) is 20.2. The van der Waals surface area contributed by atoms with Crippen molar-refractivity contribution >= 4 is 17.0 Å². The summed E-state index contributed by atoms with van der Waals surface area (Å²) in [6.45, 7) is 0. The Hall–Kier alpha value is -3.47. The van der Waals surface area contributed by atoms with Gasteiger partial charge in [-0.3, -0.25) is 4.99 Å². The van der Waals surface area contributed by atoms with Gasteiger partial charge in [0, 0.05) is 12.3 Å². The summed E-state index contributed by atoms with van der Waals surface area (Å²) in [5.41, 5.74) is -0.594. The van der Waals surface area contributed by atoms with E-state index in [2.05, 4.69) is 4.99 Å². The van der Waals surface area contributed by atoms with E-state index in [-0.39, 0.29) is 0 Å². The molecule has 2 aliphatic rings. The van der Waals surface area contributed by atoms with E-state index in [0.29, 0.717) is 16.9 Å². The van der Waals surface area contributed by atoms with Crippen LogP contribution < -0.4 is 21.1 Å². The van der Waals surface area contributed by atoms with Crippen LogP contribution in [0.15, 0.2) is 86.1 Å². The monoisotopic (exact) mass is 328 g/mol. The Morgan fingerprint density at radius 2 is 1.72 bits per heavy atom. The Balaban J connectivity index is 1.78. The van der Waals surface area contributed by atoms with E-state index < -0.39 is 11.4 Å². The summed E-state index contributed by atoms with van der Waals surface area (Å²) in [7, 11) is 0. The van der Waals surface area contributed by atoms with Crippen molar-refractivity contribution in [1.29, 1.82) is 0 Å². The van der Waals surface area contributed by atoms with Gasteiger partial charge in [-0.25, -0.2) is 9.79 Å². The lowest BCUT2D eigenvalue weighted by Gasteiger charge is -2.28. The molecule has 5 nitrogen and oxygen atoms in total. The Labute approximate surface area is 141 Å². The zero-order chi connectivity index (χ0) is 16.9. The predicted octanol–water partition coefficient (Wildman–Crippen LogP) is 2.36. The van der Waals surface area contributed by atoms with Gasteiger partial charge in [0.05, 0.1) is 16.1 Å². The number of nitrogens with zero attached hydrogens (tertiary/aromatic N) is 2. The molecule has 1 spiro atoms. The highest BCUT2D eigenvalue weighted by atomic mass is 16.5. The fourth-order valence-corrected chi connectivity index (χ4v) is 3.06. The SMILES string of the molecule is O=c1oc2ccccc2c2c1C=CC1(C=CN=c3ccccc3=N1)O2. The van der Waals surface area contributed by atoms with E-state index in [9.17, 15) is 4.79 Å². The van der Waals surface area contributed by atoms with Crippen molar-refractivity contribution in [1.82, 2.24) is 0 Å². The number of para-hydroxylation sites is 3. The zero-order valence-corrected chi connectivity index (χ0v) is 13.0. The fraction of sp³-hybridized carbons (Fsp3) is 0.0500. The maximum absolute atomic E-state index is 12.3. The summed E-state index contributed by atoms with van der Waals surface area (Å²) < 4.78 is 11.6. The van der Waals surface area contributed by atoms with E-state index in [1.807, 2.05) is 42.5 Å². The molecule has 1 aromatic heterocycles. The largest absolute Gasteiger partial charge is 0.457 e. The highest BCUT2D eigenvalue weighted by molar-refractivity contribution is 5.87. The van der Waals surface area contributed by atoms with E-state index in [4.69, 9.17) is 14.1 Å². The molecule has 120 valence electrons. The third-order valence-electron chi connectivity index (χ3n) is 4.26. The molecule has 0 radical (unpaired) electrons. The van der Waals surface area contributed by atoms with Crippen LogP contribution in [0.2, 0.25) is 0 Å². The lowest BCUT2D eigenvalue weighted by Crippen LogP contribution is -2.36. The maximum Gasteiger partial charge on any atom is 0.347 e. The number of benzene rings is 2. The summed E-state index contributed by atoms with van der Waals surface area (Å²) in [6.07, 6.45) is 6.90. The number of ether oxygens (including phenoxy) is 1. The van der Waals surface area contributed by atoms with E-state index in [1.54, 1.807) is 30.5 Å². The Kier molecular flexibility index (Phi) is 2.79. The summed E-state index contributed by atoms with van der Waals surface area (Å²) in [5, 5.41) is 2.24. The summed E-state index contributed by atoms with van der Waals surface area (Å²) in [4.78, 5) is 21.4. The van der Waals surface area contributed by atoms with Gasteiger partial charge in [-0.15, -0.1) is 0 Å². The van der Waals surface area contributed by atoms with Crippen LogP contribution in [0.3, 0.4) is 0 Å². The standard InChI is InChI=1S/C20H12N2O3/c23-19-14-9-10-20(11-12-21-15-6-2-3-7-16(15)22-20)25-18(14)13-5-1-4-8-17(13)24-19/h1-12H. The smallest absolute Gasteiger partial charge is 0.347 e. The molecule has 0 saturated carbocycles. The zero-order valence-electron chi connectivity index (χ0n) is 13.0. The highest BCUT2D eigenvalue weighted by Gasteiger charge is 2.32. The second kappa shape index (κ2) is 5.01. The predicted molar refractivity (Wildman–Crippen MR) is 92.8 cm³/mol. The van der Waals surface area contributed by atoms with Crippen molar-refractivity contribution in [3.63, 3.8) is 0 Å². The van der Waals surface area contributed by atoms with Gasteiger partial charge in [0.15, 0.2) is 0 Å². The molecule has 25 heavy (non-hydrogen) atoms. The van der Waals surface area contributed by atoms with Crippen molar-refractivity contribution in [3.8, 4) is 5.75 Å². The Bertz CT molecular complexity index is 1250. The average molecular weight is 328 g/mol. The van der Waals surface area contributed by atoms with Crippen molar-refractivity contribution in [2.24, 2.45) is 9.98 Å². The van der Waals surface area contributed by atoms with Crippen molar-refractivity contribution in [2.45, 2.75) is 5.72 Å². The summed E-state index contributed by atoms with van der Waals surface area (Å²) in [6, 6.07) is 14.9. The van der Waals surface area contributed by atoms with Crippen LogP contribution >= 0.6 is 0 Å². The lowest BCUT2D eigenvalue weighted by molar-refractivity contribution is 0.175. The van der Waals surface area contributed by atoms with E-state index in [0.717, 1.165) is 16.1 Å². The molecule has 2 aliphatic heterocycles. The number of rotatable bonds is 0. The molecule has 0 amide bonds. The van der Waals surface area contributed by atoms with Crippen LogP contribution in [0.5, 0.6) is 5.75 Å². The third kappa shape index (κ3) is 2.13. The van der Waals surface area contributed by atoms with Gasteiger partial charge >= 0.3 is 5.63 Å². The minimum atomic E-state index is -1.04. The first-order valence-corrected chi connectivity index (χ1v) is 7.89. The molecule has 3 heterocycles. The second-order valence-corrected chi connectivity index (χ2v) is 5.86. The second-order valence-electron chi connectivity index (χ2n) is 5.86.